The van der Waals surface area contributed by atoms with Crippen molar-refractivity contribution < 1.29 is 9.32 Å². The number of hydrogen-bond donors (Lipinski definition) is 1. The third kappa shape index (κ3) is 3.99. The molecule has 1 fully saturated rings. The fourth-order valence-corrected chi connectivity index (χ4v) is 3.43. The fraction of sp³-hybridized carbons (Fsp3) is 0.389. The smallest absolute Gasteiger partial charge is 0.277 e. The third-order valence-corrected chi connectivity index (χ3v) is 4.96. The number of amides is 1. The number of nitrogens with zero attached hydrogens (tertiary/aromatic N) is 3. The number of hydrazine groups is 1. The Morgan fingerprint density at radius 2 is 1.96 bits per heavy atom. The Morgan fingerprint density at radius 1 is 1.27 bits per heavy atom. The van der Waals surface area contributed by atoms with E-state index in [-0.39, 0.29) is 5.91 Å². The fourth-order valence-electron chi connectivity index (χ4n) is 3.01. The molecule has 0 unspecified atom stereocenters. The first-order valence-electron chi connectivity index (χ1n) is 8.52. The van der Waals surface area contributed by atoms with E-state index in [0.717, 1.165) is 17.9 Å². The normalized spacial score (nSPS) is 14.0. The van der Waals surface area contributed by atoms with Crippen molar-refractivity contribution in [1.29, 1.82) is 0 Å². The number of aromatic nitrogens is 1. The highest BCUT2D eigenvalue weighted by molar-refractivity contribution is 7.80. The van der Waals surface area contributed by atoms with Gasteiger partial charge in [-0.3, -0.25) is 9.80 Å². The van der Waals surface area contributed by atoms with Gasteiger partial charge < -0.3 is 9.84 Å². The number of nitrogens with one attached hydrogen (secondary N) is 1. The molecule has 0 atom stereocenters. The van der Waals surface area contributed by atoms with Crippen LogP contribution in [0.3, 0.4) is 0 Å². The molecule has 2 heterocycles. The summed E-state index contributed by atoms with van der Waals surface area (Å²) >= 11 is 11.4. The molecule has 1 aliphatic heterocycles. The second-order valence-corrected chi connectivity index (χ2v) is 7.04. The zero-order valence-electron chi connectivity index (χ0n) is 14.8. The van der Waals surface area contributed by atoms with Crippen molar-refractivity contribution in [1.82, 2.24) is 20.5 Å². The molecule has 0 radical (unpaired) electrons. The summed E-state index contributed by atoms with van der Waals surface area (Å²) in [6.45, 7) is 5.54. The molecule has 1 amide bonds. The number of rotatable bonds is 4. The maximum Gasteiger partial charge on any atom is 0.277 e. The minimum atomic E-state index is -0.124. The Balaban J connectivity index is 1.59. The predicted molar refractivity (Wildman–Crippen MR) is 104 cm³/mol. The highest BCUT2D eigenvalue weighted by Crippen LogP contribution is 2.20. The summed E-state index contributed by atoms with van der Waals surface area (Å²) in [6, 6.07) is 7.74. The summed E-state index contributed by atoms with van der Waals surface area (Å²) in [4.78, 5) is 12.9. The first-order valence-corrected chi connectivity index (χ1v) is 9.30. The van der Waals surface area contributed by atoms with Crippen LogP contribution in [-0.2, 0) is 6.42 Å². The molecular formula is C18H21ClN4O2S. The van der Waals surface area contributed by atoms with E-state index >= 15 is 0 Å². The van der Waals surface area contributed by atoms with Gasteiger partial charge in [-0.15, -0.1) is 0 Å². The van der Waals surface area contributed by atoms with Crippen molar-refractivity contribution in [3.8, 4) is 0 Å². The SMILES string of the molecule is Cc1noc(C)c1C(=O)N1CCCN1C(=S)NCCc1ccc(Cl)cc1. The van der Waals surface area contributed by atoms with Crippen molar-refractivity contribution in [2.45, 2.75) is 26.7 Å². The Labute approximate surface area is 163 Å². The van der Waals surface area contributed by atoms with Crippen LogP contribution >= 0.6 is 23.8 Å². The standard InChI is InChI=1S/C18H21ClN4O2S/c1-12-16(13(2)25-21-12)17(24)22-10-3-11-23(22)18(26)20-9-8-14-4-6-15(19)7-5-14/h4-7H,3,8-11H2,1-2H3,(H,20,26). The molecule has 1 N–H and O–H groups in total. The Kier molecular flexibility index (Phi) is 5.78. The van der Waals surface area contributed by atoms with Gasteiger partial charge in [-0.05, 0) is 56.6 Å². The minimum absolute atomic E-state index is 0.124. The van der Waals surface area contributed by atoms with E-state index in [1.54, 1.807) is 18.9 Å². The van der Waals surface area contributed by atoms with Crippen LogP contribution in [0, 0.1) is 13.8 Å². The van der Waals surface area contributed by atoms with Gasteiger partial charge in [-0.25, -0.2) is 5.01 Å². The van der Waals surface area contributed by atoms with Gasteiger partial charge in [0.2, 0.25) is 0 Å². The summed E-state index contributed by atoms with van der Waals surface area (Å²) in [7, 11) is 0. The molecule has 8 heteroatoms. The number of thiocarbonyl (C=S) groups is 1. The van der Waals surface area contributed by atoms with Crippen LogP contribution in [0.2, 0.25) is 5.02 Å². The average molecular weight is 393 g/mol. The lowest BCUT2D eigenvalue weighted by molar-refractivity contribution is 0.0489. The largest absolute Gasteiger partial charge is 0.361 e. The van der Waals surface area contributed by atoms with Crippen LogP contribution in [0.4, 0.5) is 0 Å². The lowest BCUT2D eigenvalue weighted by Gasteiger charge is -2.30. The Morgan fingerprint density at radius 3 is 2.62 bits per heavy atom. The van der Waals surface area contributed by atoms with Crippen LogP contribution in [0.1, 0.15) is 33.8 Å². The quantitative estimate of drug-likeness (QED) is 0.806. The number of carbonyl (C=O) groups is 1. The summed E-state index contributed by atoms with van der Waals surface area (Å²) in [5.41, 5.74) is 2.29. The molecular weight excluding hydrogens is 372 g/mol. The Hall–Kier alpha value is -2.12. The number of hydrogen-bond acceptors (Lipinski definition) is 4. The number of aryl methyl sites for hydroxylation is 2. The number of carbonyl (C=O) groups excluding carboxylic acids is 1. The maximum absolute atomic E-state index is 12.9. The third-order valence-electron chi connectivity index (χ3n) is 4.35. The van der Waals surface area contributed by atoms with Crippen LogP contribution in [0.5, 0.6) is 0 Å². The average Bonchev–Trinajstić information content (AvgIpc) is 3.23. The lowest BCUT2D eigenvalue weighted by Crippen LogP contribution is -2.49. The second kappa shape index (κ2) is 8.05. The molecule has 1 aromatic heterocycles. The van der Waals surface area contributed by atoms with Gasteiger partial charge in [0.25, 0.3) is 5.91 Å². The first-order chi connectivity index (χ1) is 12.5. The first kappa shape index (κ1) is 18.7. The van der Waals surface area contributed by atoms with Crippen LogP contribution in [-0.4, -0.2) is 45.8 Å². The molecule has 6 nitrogen and oxygen atoms in total. The second-order valence-electron chi connectivity index (χ2n) is 6.21. The molecule has 138 valence electrons. The monoisotopic (exact) mass is 392 g/mol. The Bertz CT molecular complexity index is 787. The van der Waals surface area contributed by atoms with Gasteiger partial charge in [0.1, 0.15) is 11.3 Å². The van der Waals surface area contributed by atoms with Crippen molar-refractivity contribution in [3.05, 3.63) is 51.9 Å². The van der Waals surface area contributed by atoms with E-state index in [4.69, 9.17) is 28.3 Å². The predicted octanol–water partition coefficient (Wildman–Crippen LogP) is 3.12. The van der Waals surface area contributed by atoms with Crippen LogP contribution in [0.25, 0.3) is 0 Å². The summed E-state index contributed by atoms with van der Waals surface area (Å²) < 4.78 is 5.12. The molecule has 1 aliphatic rings. The highest BCUT2D eigenvalue weighted by atomic mass is 35.5. The molecule has 2 aromatic rings. The van der Waals surface area contributed by atoms with Crippen LogP contribution in [0.15, 0.2) is 28.8 Å². The maximum atomic E-state index is 12.9. The van der Waals surface area contributed by atoms with E-state index < -0.39 is 0 Å². The van der Waals surface area contributed by atoms with Gasteiger partial charge in [0.05, 0.1) is 5.69 Å². The van der Waals surface area contributed by atoms with Gasteiger partial charge in [0, 0.05) is 24.7 Å². The van der Waals surface area contributed by atoms with E-state index in [1.165, 1.54) is 5.56 Å². The van der Waals surface area contributed by atoms with Gasteiger partial charge in [-0.2, -0.15) is 0 Å². The van der Waals surface area contributed by atoms with E-state index in [1.807, 2.05) is 29.3 Å². The van der Waals surface area contributed by atoms with Crippen molar-refractivity contribution >= 4 is 34.8 Å². The van der Waals surface area contributed by atoms with E-state index in [2.05, 4.69) is 10.5 Å². The van der Waals surface area contributed by atoms with Gasteiger partial charge >= 0.3 is 0 Å². The van der Waals surface area contributed by atoms with Crippen LogP contribution < -0.4 is 5.32 Å². The van der Waals surface area contributed by atoms with Crippen molar-refractivity contribution in [2.24, 2.45) is 0 Å². The summed E-state index contributed by atoms with van der Waals surface area (Å²) in [6.07, 6.45) is 1.69. The molecule has 3 rings (SSSR count). The zero-order chi connectivity index (χ0) is 18.7. The summed E-state index contributed by atoms with van der Waals surface area (Å²) in [5.74, 6) is 0.404. The van der Waals surface area contributed by atoms with Crippen molar-refractivity contribution in [2.75, 3.05) is 19.6 Å². The molecule has 0 bridgehead atoms. The van der Waals surface area contributed by atoms with Gasteiger partial charge in [0.15, 0.2) is 5.11 Å². The zero-order valence-corrected chi connectivity index (χ0v) is 16.4. The molecule has 0 saturated carbocycles. The molecule has 1 saturated heterocycles. The number of benzene rings is 1. The lowest BCUT2D eigenvalue weighted by atomic mass is 10.1. The van der Waals surface area contributed by atoms with Gasteiger partial charge in [-0.1, -0.05) is 28.9 Å². The van der Waals surface area contributed by atoms with E-state index in [9.17, 15) is 4.79 Å². The molecule has 26 heavy (non-hydrogen) atoms. The van der Waals surface area contributed by atoms with E-state index in [0.29, 0.717) is 41.8 Å². The summed E-state index contributed by atoms with van der Waals surface area (Å²) in [5, 5.41) is 11.9. The highest BCUT2D eigenvalue weighted by Gasteiger charge is 2.32. The molecule has 0 aliphatic carbocycles. The molecule has 0 spiro atoms. The topological polar surface area (TPSA) is 61.6 Å². The minimum Gasteiger partial charge on any atom is -0.361 e. The number of halogens is 1. The van der Waals surface area contributed by atoms with Crippen molar-refractivity contribution in [3.63, 3.8) is 0 Å². The molecule has 1 aromatic carbocycles.